The van der Waals surface area contributed by atoms with E-state index in [-0.39, 0.29) is 22.0 Å². The molecule has 0 aliphatic carbocycles. The Morgan fingerprint density at radius 1 is 1.03 bits per heavy atom. The molecule has 2 N–H and O–H groups in total. The van der Waals surface area contributed by atoms with Crippen molar-refractivity contribution in [3.8, 4) is 0 Å². The zero-order valence-electron chi connectivity index (χ0n) is 18.0. The Hall–Kier alpha value is -4.18. The van der Waals surface area contributed by atoms with Crippen LogP contribution in [0.3, 0.4) is 0 Å². The molecule has 0 unspecified atom stereocenters. The van der Waals surface area contributed by atoms with Gasteiger partial charge in [-0.1, -0.05) is 17.7 Å². The van der Waals surface area contributed by atoms with E-state index >= 15 is 0 Å². The lowest BCUT2D eigenvalue weighted by molar-refractivity contribution is -0.384. The van der Waals surface area contributed by atoms with Gasteiger partial charge < -0.3 is 10.6 Å². The first kappa shape index (κ1) is 24.0. The van der Waals surface area contributed by atoms with Crippen LogP contribution in [0.4, 0.5) is 36.1 Å². The molecule has 11 heteroatoms. The van der Waals surface area contributed by atoms with Crippen LogP contribution < -0.4 is 10.6 Å². The maximum absolute atomic E-state index is 13.0. The van der Waals surface area contributed by atoms with Gasteiger partial charge in [0.1, 0.15) is 10.8 Å². The van der Waals surface area contributed by atoms with Crippen molar-refractivity contribution < 1.29 is 22.9 Å². The molecule has 0 fully saturated rings. The number of carbonyl (C=O) groups is 1. The summed E-state index contributed by atoms with van der Waals surface area (Å²) in [6.45, 7) is 1.80. The van der Waals surface area contributed by atoms with Crippen LogP contribution in [-0.2, 0) is 6.18 Å². The number of amides is 1. The molecular formula is C24H16ClF3N4O3. The van der Waals surface area contributed by atoms with Crippen molar-refractivity contribution in [2.75, 3.05) is 10.6 Å². The Morgan fingerprint density at radius 2 is 1.80 bits per heavy atom. The number of hydrogen-bond donors (Lipinski definition) is 2. The number of anilines is 3. The number of carbonyl (C=O) groups excluding carboxylic acids is 1. The van der Waals surface area contributed by atoms with Crippen LogP contribution in [0.15, 0.2) is 66.7 Å². The van der Waals surface area contributed by atoms with Gasteiger partial charge in [-0.3, -0.25) is 14.9 Å². The number of pyridine rings is 1. The van der Waals surface area contributed by atoms with E-state index in [1.54, 1.807) is 31.2 Å². The molecule has 0 bridgehead atoms. The maximum atomic E-state index is 13.0. The maximum Gasteiger partial charge on any atom is 0.416 e. The van der Waals surface area contributed by atoms with Crippen LogP contribution in [0, 0.1) is 17.0 Å². The second kappa shape index (κ2) is 9.22. The molecule has 0 saturated carbocycles. The van der Waals surface area contributed by atoms with E-state index in [9.17, 15) is 28.1 Å². The number of aryl methyl sites for hydroxylation is 1. The van der Waals surface area contributed by atoms with Crippen molar-refractivity contribution in [1.29, 1.82) is 0 Å². The molecule has 0 atom stereocenters. The Morgan fingerprint density at radius 3 is 2.51 bits per heavy atom. The van der Waals surface area contributed by atoms with Crippen molar-refractivity contribution in [3.05, 3.63) is 98.6 Å². The minimum absolute atomic E-state index is 0.0664. The number of nitro groups is 1. The van der Waals surface area contributed by atoms with Crippen LogP contribution in [0.25, 0.3) is 10.9 Å². The molecule has 7 nitrogen and oxygen atoms in total. The van der Waals surface area contributed by atoms with Crippen molar-refractivity contribution >= 4 is 51.3 Å². The number of rotatable bonds is 5. The van der Waals surface area contributed by atoms with E-state index in [1.807, 2.05) is 0 Å². The van der Waals surface area contributed by atoms with Crippen molar-refractivity contribution in [3.63, 3.8) is 0 Å². The minimum Gasteiger partial charge on any atom is -0.340 e. The lowest BCUT2D eigenvalue weighted by Crippen LogP contribution is -2.12. The van der Waals surface area contributed by atoms with E-state index in [1.165, 1.54) is 24.3 Å². The highest BCUT2D eigenvalue weighted by atomic mass is 35.5. The summed E-state index contributed by atoms with van der Waals surface area (Å²) in [4.78, 5) is 27.4. The van der Waals surface area contributed by atoms with Gasteiger partial charge in [0.2, 0.25) is 0 Å². The third-order valence-corrected chi connectivity index (χ3v) is 5.46. The van der Waals surface area contributed by atoms with Gasteiger partial charge in [-0.2, -0.15) is 13.2 Å². The quantitative estimate of drug-likeness (QED) is 0.224. The number of nitro benzene ring substituents is 1. The first-order valence-corrected chi connectivity index (χ1v) is 10.5. The van der Waals surface area contributed by atoms with Crippen LogP contribution in [0.5, 0.6) is 0 Å². The van der Waals surface area contributed by atoms with Crippen LogP contribution in [-0.4, -0.2) is 15.8 Å². The fourth-order valence-electron chi connectivity index (χ4n) is 3.45. The number of alkyl halides is 3. The molecule has 178 valence electrons. The van der Waals surface area contributed by atoms with Gasteiger partial charge in [0.25, 0.3) is 11.6 Å². The largest absolute Gasteiger partial charge is 0.416 e. The van der Waals surface area contributed by atoms with Crippen LogP contribution in [0.2, 0.25) is 5.02 Å². The van der Waals surface area contributed by atoms with Crippen LogP contribution >= 0.6 is 11.6 Å². The molecule has 0 spiro atoms. The topological polar surface area (TPSA) is 97.2 Å². The fraction of sp³-hybridized carbons (Fsp3) is 0.0833. The molecule has 0 saturated heterocycles. The standard InChI is InChI=1S/C24H16ClF3N4O3/c1-13-9-22(29-16-4-2-3-15(11-16)24(26,27)28)31-20-8-6-17(12-18(13)20)30-23(33)14-5-7-19(25)21(10-14)32(34)35/h2-12H,1H3,(H,29,31)(H,30,33). The number of fused-ring (bicyclic) bond motifs is 1. The van der Waals surface area contributed by atoms with Gasteiger partial charge in [0, 0.05) is 28.4 Å². The molecule has 1 heterocycles. The Labute approximate surface area is 201 Å². The van der Waals surface area contributed by atoms with E-state index in [4.69, 9.17) is 11.6 Å². The van der Waals surface area contributed by atoms with Crippen molar-refractivity contribution in [1.82, 2.24) is 4.98 Å². The summed E-state index contributed by atoms with van der Waals surface area (Å²) in [7, 11) is 0. The predicted octanol–water partition coefficient (Wildman–Crippen LogP) is 7.12. The van der Waals surface area contributed by atoms with E-state index < -0.39 is 22.6 Å². The number of hydrogen-bond acceptors (Lipinski definition) is 5. The van der Waals surface area contributed by atoms with E-state index in [0.29, 0.717) is 22.4 Å². The van der Waals surface area contributed by atoms with E-state index in [0.717, 1.165) is 23.8 Å². The predicted molar refractivity (Wildman–Crippen MR) is 127 cm³/mol. The second-order valence-corrected chi connectivity index (χ2v) is 8.04. The van der Waals surface area contributed by atoms with E-state index in [2.05, 4.69) is 15.6 Å². The molecule has 35 heavy (non-hydrogen) atoms. The average molecular weight is 501 g/mol. The van der Waals surface area contributed by atoms with Crippen LogP contribution in [0.1, 0.15) is 21.5 Å². The zero-order chi connectivity index (χ0) is 25.3. The summed E-state index contributed by atoms with van der Waals surface area (Å²) in [6, 6.07) is 15.2. The summed E-state index contributed by atoms with van der Waals surface area (Å²) < 4.78 is 38.9. The molecule has 4 rings (SSSR count). The summed E-state index contributed by atoms with van der Waals surface area (Å²) in [5.41, 5.74) is 0.916. The zero-order valence-corrected chi connectivity index (χ0v) is 18.7. The van der Waals surface area contributed by atoms with Gasteiger partial charge in [-0.15, -0.1) is 0 Å². The lowest BCUT2D eigenvalue weighted by Gasteiger charge is -2.13. The molecule has 0 aliphatic heterocycles. The Kier molecular flexibility index (Phi) is 6.31. The van der Waals surface area contributed by atoms with Gasteiger partial charge in [-0.25, -0.2) is 4.98 Å². The molecular weight excluding hydrogens is 485 g/mol. The van der Waals surface area contributed by atoms with Gasteiger partial charge in [0.05, 0.1) is 16.0 Å². The number of nitrogens with zero attached hydrogens (tertiary/aromatic N) is 2. The summed E-state index contributed by atoms with van der Waals surface area (Å²) in [5.74, 6) is -0.197. The van der Waals surface area contributed by atoms with Gasteiger partial charge in [-0.05, 0) is 67.1 Å². The highest BCUT2D eigenvalue weighted by Gasteiger charge is 2.30. The second-order valence-electron chi connectivity index (χ2n) is 7.64. The summed E-state index contributed by atoms with van der Waals surface area (Å²) >= 11 is 5.79. The molecule has 1 amide bonds. The number of aromatic nitrogens is 1. The molecule has 4 aromatic rings. The van der Waals surface area contributed by atoms with Gasteiger partial charge >= 0.3 is 6.18 Å². The normalized spacial score (nSPS) is 11.3. The Balaban J connectivity index is 1.57. The lowest BCUT2D eigenvalue weighted by atomic mass is 10.1. The molecule has 0 aliphatic rings. The SMILES string of the molecule is Cc1cc(Nc2cccc(C(F)(F)F)c2)nc2ccc(NC(=O)c3ccc(Cl)c([N+](=O)[O-])c3)cc12. The third-order valence-electron chi connectivity index (χ3n) is 5.14. The van der Waals surface area contributed by atoms with Gasteiger partial charge in [0.15, 0.2) is 0 Å². The summed E-state index contributed by atoms with van der Waals surface area (Å²) in [6.07, 6.45) is -4.46. The first-order chi connectivity index (χ1) is 16.5. The number of benzene rings is 3. The van der Waals surface area contributed by atoms with Crippen molar-refractivity contribution in [2.24, 2.45) is 0 Å². The number of nitrogens with one attached hydrogen (secondary N) is 2. The fourth-order valence-corrected chi connectivity index (χ4v) is 3.64. The Bertz CT molecular complexity index is 1470. The average Bonchev–Trinajstić information content (AvgIpc) is 2.79. The van der Waals surface area contributed by atoms with Crippen molar-refractivity contribution in [2.45, 2.75) is 13.1 Å². The monoisotopic (exact) mass is 500 g/mol. The smallest absolute Gasteiger partial charge is 0.340 e. The molecule has 3 aromatic carbocycles. The first-order valence-electron chi connectivity index (χ1n) is 10.1. The molecule has 1 aromatic heterocycles. The molecule has 0 radical (unpaired) electrons. The summed E-state index contributed by atoms with van der Waals surface area (Å²) in [5, 5.41) is 17.3. The minimum atomic E-state index is -4.46. The number of halogens is 4. The highest BCUT2D eigenvalue weighted by molar-refractivity contribution is 6.32. The highest BCUT2D eigenvalue weighted by Crippen LogP contribution is 2.32. The third kappa shape index (κ3) is 5.33.